The fraction of sp³-hybridized carbons (Fsp3) is 0.470. The van der Waals surface area contributed by atoms with Gasteiger partial charge in [0.2, 0.25) is 0 Å². The van der Waals surface area contributed by atoms with Crippen molar-refractivity contribution >= 4 is 51.5 Å². The van der Waals surface area contributed by atoms with Crippen LogP contribution in [0.25, 0.3) is 90.7 Å². The number of methoxy groups -OCH3 is 1. The van der Waals surface area contributed by atoms with Crippen molar-refractivity contribution in [2.75, 3.05) is 7.11 Å². The Morgan fingerprint density at radius 3 is 1.35 bits per heavy atom. The van der Waals surface area contributed by atoms with Gasteiger partial charge in [0.15, 0.2) is 0 Å². The van der Waals surface area contributed by atoms with E-state index in [1.165, 1.54) is 6.08 Å². The molecule has 6 aromatic rings. The number of rotatable bonds is 18. The van der Waals surface area contributed by atoms with Gasteiger partial charge in [-0.15, -0.1) is 0 Å². The largest absolute Gasteiger partial charge is 2.00 e. The second-order valence-corrected chi connectivity index (χ2v) is 24.2. The van der Waals surface area contributed by atoms with E-state index in [0.717, 1.165) is 21.9 Å². The van der Waals surface area contributed by atoms with E-state index in [-0.39, 0.29) is 88.8 Å². The van der Waals surface area contributed by atoms with Crippen molar-refractivity contribution in [3.05, 3.63) is 90.5 Å². The van der Waals surface area contributed by atoms with Crippen LogP contribution >= 0.6 is 0 Å². The van der Waals surface area contributed by atoms with Crippen LogP contribution in [0.2, 0.25) is 0 Å². The number of fused-ring (bicyclic) bond motifs is 20. The fourth-order valence-electron chi connectivity index (χ4n) is 11.3. The van der Waals surface area contributed by atoms with Crippen molar-refractivity contribution in [2.45, 2.75) is 148 Å². The first-order valence-corrected chi connectivity index (χ1v) is 28.6. The molecule has 0 N–H and O–H groups in total. The Morgan fingerprint density at radius 2 is 0.889 bits per heavy atom. The first-order valence-electron chi connectivity index (χ1n) is 28.6. The van der Waals surface area contributed by atoms with Gasteiger partial charge in [-0.25, -0.2) is 9.97 Å². The number of aldehydes is 1. The normalized spacial score (nSPS) is 14.8. The summed E-state index contributed by atoms with van der Waals surface area (Å²) in [5.41, 5.74) is 4.95. The molecule has 8 bridgehead atoms. The summed E-state index contributed by atoms with van der Waals surface area (Å²) >= 11 is 0. The van der Waals surface area contributed by atoms with Crippen molar-refractivity contribution < 1.29 is 45.5 Å². The Labute approximate surface area is 490 Å². The van der Waals surface area contributed by atoms with Crippen LogP contribution in [0.1, 0.15) is 129 Å². The van der Waals surface area contributed by atoms with Gasteiger partial charge in [0, 0.05) is 51.8 Å². The van der Waals surface area contributed by atoms with Crippen LogP contribution in [-0.4, -0.2) is 73.3 Å². The quantitative estimate of drug-likeness (QED) is 0.0452. The summed E-state index contributed by atoms with van der Waals surface area (Å²) in [5, 5.41) is 1.47. The van der Waals surface area contributed by atoms with Crippen molar-refractivity contribution in [3.8, 4) is 62.8 Å². The average Bonchev–Trinajstić information content (AvgIpc) is 4.35. The SMILES string of the molecule is C=CC=O.COC1(C)C=Cc2c(c3nc4nc(nc5[n-]c(nc6nc(nc2[n-]3)-c2c(OC(C(C)C)C(C)C)cccc2-6)c2c(OC(C(C)C)C(C)C)cccc52)-c2c(OC(C(C)C)C(C)C)cccc2-4)C(OC(C(C)C)C(C)C)=C1.[Cu+2]. The van der Waals surface area contributed by atoms with Gasteiger partial charge in [-0.1, -0.05) is 160 Å². The summed E-state index contributed by atoms with van der Waals surface area (Å²) < 4.78 is 34.5. The minimum absolute atomic E-state index is 0. The summed E-state index contributed by atoms with van der Waals surface area (Å²) in [4.78, 5) is 52.2. The molecule has 3 aromatic carbocycles. The third kappa shape index (κ3) is 12.9. The molecule has 9 rings (SSSR count). The molecule has 0 amide bonds. The first kappa shape index (κ1) is 61.9. The van der Waals surface area contributed by atoms with Gasteiger partial charge in [-0.05, 0) is 102 Å². The maximum atomic E-state index is 9.06. The minimum Gasteiger partial charge on any atom is -0.489 e. The van der Waals surface area contributed by atoms with E-state index >= 15 is 0 Å². The molecule has 0 spiro atoms. The summed E-state index contributed by atoms with van der Waals surface area (Å²) in [6, 6.07) is 18.0. The molecule has 0 saturated carbocycles. The predicted molar refractivity (Wildman–Crippen MR) is 322 cm³/mol. The van der Waals surface area contributed by atoms with E-state index in [2.05, 4.69) is 117 Å². The zero-order valence-corrected chi connectivity index (χ0v) is 51.5. The molecule has 1 radical (unpaired) electrons. The van der Waals surface area contributed by atoms with Crippen LogP contribution in [-0.2, 0) is 31.3 Å². The Kier molecular flexibility index (Phi) is 19.6. The summed E-state index contributed by atoms with van der Waals surface area (Å²) in [7, 11) is 1.70. The maximum Gasteiger partial charge on any atom is 2.00 e. The number of aromatic nitrogens is 8. The number of carbonyl (C=O) groups excluding carboxylic acids is 1. The minimum atomic E-state index is -0.863. The van der Waals surface area contributed by atoms with Gasteiger partial charge >= 0.3 is 17.1 Å². The second kappa shape index (κ2) is 25.6. The Balaban J connectivity index is 0.00000183. The zero-order chi connectivity index (χ0) is 58.1. The van der Waals surface area contributed by atoms with E-state index in [1.54, 1.807) is 7.11 Å². The van der Waals surface area contributed by atoms with E-state index in [0.29, 0.717) is 97.4 Å². The van der Waals surface area contributed by atoms with Crippen molar-refractivity contribution in [1.29, 1.82) is 0 Å². The molecule has 0 fully saturated rings. The van der Waals surface area contributed by atoms with Crippen LogP contribution in [0, 0.1) is 47.3 Å². The van der Waals surface area contributed by atoms with Gasteiger partial charge in [0.1, 0.15) is 59.3 Å². The molecule has 1 aliphatic carbocycles. The third-order valence-electron chi connectivity index (χ3n) is 15.0. The molecule has 1 atom stereocenters. The van der Waals surface area contributed by atoms with E-state index in [9.17, 15) is 0 Å². The van der Waals surface area contributed by atoms with Crippen LogP contribution in [0.3, 0.4) is 0 Å². The van der Waals surface area contributed by atoms with Crippen LogP contribution in [0.15, 0.2) is 79.4 Å². The predicted octanol–water partition coefficient (Wildman–Crippen LogP) is 15.0. The van der Waals surface area contributed by atoms with E-state index < -0.39 is 5.60 Å². The molecule has 1 unspecified atom stereocenters. The molecule has 81 heavy (non-hydrogen) atoms. The number of benzene rings is 3. The maximum absolute atomic E-state index is 9.06. The van der Waals surface area contributed by atoms with Gasteiger partial charge in [-0.2, -0.15) is 0 Å². The number of allylic oxidation sites excluding steroid dienone is 1. The van der Waals surface area contributed by atoms with Gasteiger partial charge in [-0.3, -0.25) is 4.79 Å². The molecular formula is C66H82CuN8O6. The van der Waals surface area contributed by atoms with Crippen molar-refractivity contribution in [2.24, 2.45) is 47.3 Å². The monoisotopic (exact) mass is 1150 g/mol. The third-order valence-corrected chi connectivity index (χ3v) is 15.0. The van der Waals surface area contributed by atoms with Gasteiger partial charge < -0.3 is 53.6 Å². The summed E-state index contributed by atoms with van der Waals surface area (Å²) in [5.74, 6) is 5.82. The molecule has 5 heterocycles. The second-order valence-electron chi connectivity index (χ2n) is 24.2. The number of hydrogen-bond acceptors (Lipinski definition) is 12. The van der Waals surface area contributed by atoms with Gasteiger partial charge in [0.05, 0.1) is 34.4 Å². The number of hydrogen-bond donors (Lipinski definition) is 0. The number of ether oxygens (including phenoxy) is 5. The van der Waals surface area contributed by atoms with E-state index in [4.69, 9.17) is 68.4 Å². The smallest absolute Gasteiger partial charge is 0.489 e. The number of nitrogens with zero attached hydrogens (tertiary/aromatic N) is 8. The number of carbonyl (C=O) groups is 1. The molecule has 3 aliphatic rings. The van der Waals surface area contributed by atoms with Crippen molar-refractivity contribution in [1.82, 2.24) is 39.9 Å². The van der Waals surface area contributed by atoms with Crippen LogP contribution in [0.5, 0.6) is 17.2 Å². The molecular weight excluding hydrogens is 1060 g/mol. The first-order chi connectivity index (χ1) is 38.0. The molecule has 15 heteroatoms. The zero-order valence-electron chi connectivity index (χ0n) is 50.5. The molecule has 3 aromatic heterocycles. The van der Waals surface area contributed by atoms with Crippen LogP contribution < -0.4 is 24.2 Å². The van der Waals surface area contributed by atoms with E-state index in [1.807, 2.05) is 79.7 Å². The summed E-state index contributed by atoms with van der Waals surface area (Å²) in [6.07, 6.45) is 7.41. The Hall–Kier alpha value is -6.67. The van der Waals surface area contributed by atoms with Crippen LogP contribution in [0.4, 0.5) is 0 Å². The van der Waals surface area contributed by atoms with Crippen molar-refractivity contribution in [3.63, 3.8) is 0 Å². The Morgan fingerprint density at radius 1 is 0.494 bits per heavy atom. The Bertz CT molecular complexity index is 3440. The average molecular weight is 1150 g/mol. The summed E-state index contributed by atoms with van der Waals surface area (Å²) in [6.45, 7) is 40.1. The molecule has 433 valence electrons. The molecule has 0 saturated heterocycles. The molecule has 14 nitrogen and oxygen atoms in total. The van der Waals surface area contributed by atoms with Gasteiger partial charge in [0.25, 0.3) is 0 Å². The molecule has 2 aliphatic heterocycles. The topological polar surface area (TPSA) is 169 Å². The fourth-order valence-corrected chi connectivity index (χ4v) is 11.3. The standard InChI is InChI=1S/C63H78N8O5.C3H4O.Cu/c1-31(2)51(32(3)4)73-43-25-19-22-39-47(43)59-64-55(39)65-60-48-41(24-21-26-44(48)74-52(33(5)6)34(7)8)57(68-60)69-62-50-42(28-29-63(17,72-18)30-46(50)76-54(37(13)14)38(15)16)58(71-62)70-61-49-40(56(66-59)67-61)23-20-27-45(49)75-53(35(9)10)36(11)12;1-2-3-4;/h19-38,51-54H,1-18H3;2-3H,1H2;/q-2;;+2.